The van der Waals surface area contributed by atoms with Gasteiger partial charge in [0, 0.05) is 23.5 Å². The van der Waals surface area contributed by atoms with E-state index < -0.39 is 10.0 Å². The highest BCUT2D eigenvalue weighted by Crippen LogP contribution is 2.28. The van der Waals surface area contributed by atoms with Crippen molar-refractivity contribution in [3.05, 3.63) is 41.3 Å². The maximum Gasteiger partial charge on any atom is 0.268 e. The van der Waals surface area contributed by atoms with Crippen molar-refractivity contribution in [2.75, 3.05) is 26.3 Å². The molecule has 3 heterocycles. The number of nitrogens with zero attached hydrogens (tertiary/aromatic N) is 3. The van der Waals surface area contributed by atoms with Gasteiger partial charge in [0.05, 0.1) is 23.0 Å². The van der Waals surface area contributed by atoms with Gasteiger partial charge in [0.1, 0.15) is 0 Å². The summed E-state index contributed by atoms with van der Waals surface area (Å²) < 4.78 is 37.3. The normalized spacial score (nSPS) is 16.0. The van der Waals surface area contributed by atoms with Gasteiger partial charge >= 0.3 is 0 Å². The van der Waals surface area contributed by atoms with Crippen LogP contribution in [0.25, 0.3) is 22.2 Å². The Hall–Kier alpha value is -2.07. The molecule has 26 heavy (non-hydrogen) atoms. The minimum absolute atomic E-state index is 0.251. The lowest BCUT2D eigenvalue weighted by Gasteiger charge is -2.26. The molecule has 4 rings (SSSR count). The molecular weight excluding hydrogens is 374 g/mol. The quantitative estimate of drug-likeness (QED) is 0.680. The molecule has 2 aromatic heterocycles. The standard InChI is InChI=1S/C17H17N3O4S2/c1-12-2-7-15(25-12)17-18-16(19-24-17)13-3-5-14(6-4-13)26(21,22)20-8-10-23-11-9-20/h2-7H,8-11H2,1H3. The molecule has 1 aliphatic rings. The summed E-state index contributed by atoms with van der Waals surface area (Å²) in [7, 11) is -3.51. The molecule has 136 valence electrons. The van der Waals surface area contributed by atoms with Crippen molar-refractivity contribution < 1.29 is 17.7 Å². The zero-order valence-corrected chi connectivity index (χ0v) is 15.7. The van der Waals surface area contributed by atoms with E-state index in [0.717, 1.165) is 9.75 Å². The summed E-state index contributed by atoms with van der Waals surface area (Å²) in [5, 5.41) is 4.00. The number of aryl methyl sites for hydroxylation is 1. The Balaban J connectivity index is 1.57. The van der Waals surface area contributed by atoms with E-state index in [1.54, 1.807) is 35.6 Å². The number of morpholine rings is 1. The minimum atomic E-state index is -3.51. The first-order valence-corrected chi connectivity index (χ1v) is 10.4. The summed E-state index contributed by atoms with van der Waals surface area (Å²) in [6.45, 7) is 3.60. The van der Waals surface area contributed by atoms with Crippen LogP contribution in [0.5, 0.6) is 0 Å². The third-order valence-corrected chi connectivity index (χ3v) is 7.00. The lowest BCUT2D eigenvalue weighted by atomic mass is 10.2. The van der Waals surface area contributed by atoms with Crippen molar-refractivity contribution in [1.29, 1.82) is 0 Å². The molecule has 1 fully saturated rings. The fourth-order valence-corrected chi connectivity index (χ4v) is 4.90. The summed E-state index contributed by atoms with van der Waals surface area (Å²) in [6, 6.07) is 10.5. The summed E-state index contributed by atoms with van der Waals surface area (Å²) in [5.41, 5.74) is 0.703. The Morgan fingerprint density at radius 1 is 1.08 bits per heavy atom. The number of ether oxygens (including phenoxy) is 1. The van der Waals surface area contributed by atoms with Crippen LogP contribution in [0.3, 0.4) is 0 Å². The van der Waals surface area contributed by atoms with Gasteiger partial charge in [-0.3, -0.25) is 0 Å². The van der Waals surface area contributed by atoms with E-state index in [1.165, 1.54) is 4.31 Å². The molecule has 1 aromatic carbocycles. The first-order valence-electron chi connectivity index (χ1n) is 8.13. The Kier molecular flexibility index (Phi) is 4.62. The highest BCUT2D eigenvalue weighted by molar-refractivity contribution is 7.89. The highest BCUT2D eigenvalue weighted by Gasteiger charge is 2.26. The molecule has 0 bridgehead atoms. The number of hydrogen-bond acceptors (Lipinski definition) is 7. The van der Waals surface area contributed by atoms with Crippen molar-refractivity contribution in [3.8, 4) is 22.2 Å². The van der Waals surface area contributed by atoms with Gasteiger partial charge in [-0.2, -0.15) is 9.29 Å². The molecular formula is C17H17N3O4S2. The average Bonchev–Trinajstić information content (AvgIpc) is 3.32. The second-order valence-corrected chi connectivity index (χ2v) is 9.10. The SMILES string of the molecule is Cc1ccc(-c2nc(-c3ccc(S(=O)(=O)N4CCOCC4)cc3)no2)s1. The van der Waals surface area contributed by atoms with Gasteiger partial charge in [0.25, 0.3) is 5.89 Å². The van der Waals surface area contributed by atoms with E-state index in [9.17, 15) is 8.42 Å². The predicted molar refractivity (Wildman–Crippen MR) is 97.4 cm³/mol. The van der Waals surface area contributed by atoms with Crippen molar-refractivity contribution in [2.24, 2.45) is 0 Å². The fraction of sp³-hybridized carbons (Fsp3) is 0.294. The van der Waals surface area contributed by atoms with Crippen LogP contribution in [0.2, 0.25) is 0 Å². The van der Waals surface area contributed by atoms with Gasteiger partial charge in [-0.15, -0.1) is 11.3 Å². The van der Waals surface area contributed by atoms with Crippen LogP contribution < -0.4 is 0 Å². The number of rotatable bonds is 4. The Morgan fingerprint density at radius 2 is 1.81 bits per heavy atom. The maximum absolute atomic E-state index is 12.6. The van der Waals surface area contributed by atoms with Gasteiger partial charge in [-0.25, -0.2) is 8.42 Å². The molecule has 7 nitrogen and oxygen atoms in total. The smallest absolute Gasteiger partial charge is 0.268 e. The molecule has 0 radical (unpaired) electrons. The molecule has 1 aliphatic heterocycles. The molecule has 0 N–H and O–H groups in total. The molecule has 0 saturated carbocycles. The Labute approximate surface area is 155 Å². The molecule has 0 aliphatic carbocycles. The van der Waals surface area contributed by atoms with Crippen molar-refractivity contribution in [3.63, 3.8) is 0 Å². The van der Waals surface area contributed by atoms with Crippen LogP contribution in [0.15, 0.2) is 45.8 Å². The van der Waals surface area contributed by atoms with Crippen molar-refractivity contribution in [2.45, 2.75) is 11.8 Å². The number of hydrogen-bond donors (Lipinski definition) is 0. The first-order chi connectivity index (χ1) is 12.5. The summed E-state index contributed by atoms with van der Waals surface area (Å²) in [5.74, 6) is 0.893. The lowest BCUT2D eigenvalue weighted by Crippen LogP contribution is -2.40. The van der Waals surface area contributed by atoms with Crippen LogP contribution in [0.1, 0.15) is 4.88 Å². The van der Waals surface area contributed by atoms with Gasteiger partial charge in [-0.1, -0.05) is 5.16 Å². The van der Waals surface area contributed by atoms with Crippen LogP contribution in [0, 0.1) is 6.92 Å². The Bertz CT molecular complexity index is 1000. The molecule has 0 amide bonds. The van der Waals surface area contributed by atoms with Crippen molar-refractivity contribution in [1.82, 2.24) is 14.4 Å². The molecule has 0 unspecified atom stereocenters. The molecule has 0 atom stereocenters. The maximum atomic E-state index is 12.6. The van der Waals surface area contributed by atoms with E-state index >= 15 is 0 Å². The highest BCUT2D eigenvalue weighted by atomic mass is 32.2. The summed E-state index contributed by atoms with van der Waals surface area (Å²) >= 11 is 1.58. The third-order valence-electron chi connectivity index (χ3n) is 4.10. The zero-order chi connectivity index (χ0) is 18.1. The summed E-state index contributed by atoms with van der Waals surface area (Å²) in [4.78, 5) is 6.73. The number of benzene rings is 1. The van der Waals surface area contributed by atoms with E-state index in [0.29, 0.717) is 43.6 Å². The fourth-order valence-electron chi connectivity index (χ4n) is 2.70. The van der Waals surface area contributed by atoms with Crippen LogP contribution in [-0.2, 0) is 14.8 Å². The van der Waals surface area contributed by atoms with Gasteiger partial charge in [0.15, 0.2) is 0 Å². The number of sulfonamides is 1. The molecule has 3 aromatic rings. The summed E-state index contributed by atoms with van der Waals surface area (Å²) in [6.07, 6.45) is 0. The van der Waals surface area contributed by atoms with Gasteiger partial charge < -0.3 is 9.26 Å². The predicted octanol–water partition coefficient (Wildman–Crippen LogP) is 2.79. The molecule has 9 heteroatoms. The zero-order valence-electron chi connectivity index (χ0n) is 14.1. The Morgan fingerprint density at radius 3 is 2.46 bits per heavy atom. The first kappa shape index (κ1) is 17.3. The van der Waals surface area contributed by atoms with E-state index in [1.807, 2.05) is 19.1 Å². The van der Waals surface area contributed by atoms with Gasteiger partial charge in [0.2, 0.25) is 15.8 Å². The minimum Gasteiger partial charge on any atom is -0.379 e. The largest absolute Gasteiger partial charge is 0.379 e. The van der Waals surface area contributed by atoms with E-state index in [2.05, 4.69) is 10.1 Å². The molecule has 1 saturated heterocycles. The lowest BCUT2D eigenvalue weighted by molar-refractivity contribution is 0.0730. The van der Waals surface area contributed by atoms with E-state index in [-0.39, 0.29) is 4.90 Å². The monoisotopic (exact) mass is 391 g/mol. The van der Waals surface area contributed by atoms with Gasteiger partial charge in [-0.05, 0) is 43.3 Å². The third kappa shape index (κ3) is 3.30. The second kappa shape index (κ2) is 6.92. The van der Waals surface area contributed by atoms with E-state index in [4.69, 9.17) is 9.26 Å². The number of thiophene rings is 1. The van der Waals surface area contributed by atoms with Crippen molar-refractivity contribution >= 4 is 21.4 Å². The number of aromatic nitrogens is 2. The van der Waals surface area contributed by atoms with Crippen LogP contribution in [-0.4, -0.2) is 49.2 Å². The van der Waals surface area contributed by atoms with Crippen LogP contribution in [0.4, 0.5) is 0 Å². The topological polar surface area (TPSA) is 85.5 Å². The molecule has 0 spiro atoms. The average molecular weight is 391 g/mol. The second-order valence-electron chi connectivity index (χ2n) is 5.87. The van der Waals surface area contributed by atoms with Crippen LogP contribution >= 0.6 is 11.3 Å².